The summed E-state index contributed by atoms with van der Waals surface area (Å²) in [4.78, 5) is 19.0. The molecule has 6 nitrogen and oxygen atoms in total. The van der Waals surface area contributed by atoms with Crippen molar-refractivity contribution in [3.63, 3.8) is 0 Å². The highest BCUT2D eigenvalue weighted by molar-refractivity contribution is 7.09. The molecule has 2 aliphatic rings. The van der Waals surface area contributed by atoms with E-state index in [1.807, 2.05) is 0 Å². The Bertz CT molecular complexity index is 1030. The van der Waals surface area contributed by atoms with Gasteiger partial charge >= 0.3 is 0 Å². The number of anilines is 2. The highest BCUT2D eigenvalue weighted by atomic mass is 32.1. The van der Waals surface area contributed by atoms with Crippen molar-refractivity contribution in [2.45, 2.75) is 39.0 Å². The van der Waals surface area contributed by atoms with Gasteiger partial charge < -0.3 is 14.5 Å². The van der Waals surface area contributed by atoms with Gasteiger partial charge in [0.15, 0.2) is 0 Å². The van der Waals surface area contributed by atoms with E-state index in [1.54, 1.807) is 17.7 Å². The van der Waals surface area contributed by atoms with E-state index in [1.165, 1.54) is 29.2 Å². The van der Waals surface area contributed by atoms with Gasteiger partial charge in [0.25, 0.3) is 0 Å². The standard InChI is InChI=1S/C24H31N5OS/c1-17(2)24-27-19(15-31-24)12-18-4-3-7-29(14-18)23-21-6-5-20(13-22(21)25-16-26-23)28-8-10-30-11-9-28/h5-6,13,15-18H,3-4,7-12,14H2,1-2H3. The zero-order valence-electron chi connectivity index (χ0n) is 18.5. The van der Waals surface area contributed by atoms with Crippen molar-refractivity contribution < 1.29 is 4.74 Å². The molecule has 4 heterocycles. The van der Waals surface area contributed by atoms with Crippen LogP contribution in [0.4, 0.5) is 11.5 Å². The first-order valence-electron chi connectivity index (χ1n) is 11.4. The molecule has 0 spiro atoms. The molecule has 0 saturated carbocycles. The molecule has 0 aliphatic carbocycles. The topological polar surface area (TPSA) is 54.4 Å². The summed E-state index contributed by atoms with van der Waals surface area (Å²) in [5, 5.41) is 4.65. The van der Waals surface area contributed by atoms with Gasteiger partial charge in [-0.3, -0.25) is 0 Å². The maximum absolute atomic E-state index is 5.49. The number of aromatic nitrogens is 3. The Kier molecular flexibility index (Phi) is 6.05. The van der Waals surface area contributed by atoms with Crippen LogP contribution in [0.3, 0.4) is 0 Å². The van der Waals surface area contributed by atoms with Crippen LogP contribution in [0.2, 0.25) is 0 Å². The molecule has 7 heteroatoms. The number of piperidine rings is 1. The lowest BCUT2D eigenvalue weighted by Gasteiger charge is -2.34. The van der Waals surface area contributed by atoms with E-state index in [4.69, 9.17) is 14.7 Å². The maximum Gasteiger partial charge on any atom is 0.139 e. The van der Waals surface area contributed by atoms with Crippen LogP contribution < -0.4 is 9.80 Å². The molecule has 1 aromatic carbocycles. The molecule has 2 aliphatic heterocycles. The second-order valence-electron chi connectivity index (χ2n) is 8.99. The van der Waals surface area contributed by atoms with Crippen LogP contribution in [0, 0.1) is 5.92 Å². The van der Waals surface area contributed by atoms with Crippen molar-refractivity contribution in [1.82, 2.24) is 15.0 Å². The van der Waals surface area contributed by atoms with Gasteiger partial charge in [0.05, 0.1) is 29.4 Å². The van der Waals surface area contributed by atoms with Crippen molar-refractivity contribution in [1.29, 1.82) is 0 Å². The van der Waals surface area contributed by atoms with Gasteiger partial charge in [-0.15, -0.1) is 11.3 Å². The minimum absolute atomic E-state index is 0.511. The first kappa shape index (κ1) is 20.6. The van der Waals surface area contributed by atoms with E-state index >= 15 is 0 Å². The first-order valence-corrected chi connectivity index (χ1v) is 12.3. The van der Waals surface area contributed by atoms with Crippen LogP contribution in [0.15, 0.2) is 29.9 Å². The smallest absolute Gasteiger partial charge is 0.139 e. The van der Waals surface area contributed by atoms with E-state index in [2.05, 4.69) is 52.2 Å². The summed E-state index contributed by atoms with van der Waals surface area (Å²) in [7, 11) is 0. The SMILES string of the molecule is CC(C)c1nc(CC2CCCN(c3ncnc4cc(N5CCOCC5)ccc34)C2)cs1. The zero-order chi connectivity index (χ0) is 21.2. The van der Waals surface area contributed by atoms with Crippen LogP contribution >= 0.6 is 11.3 Å². The lowest BCUT2D eigenvalue weighted by atomic mass is 9.93. The van der Waals surface area contributed by atoms with Crippen LogP contribution in [0.5, 0.6) is 0 Å². The van der Waals surface area contributed by atoms with Crippen LogP contribution in [0.1, 0.15) is 43.3 Å². The number of nitrogens with zero attached hydrogens (tertiary/aromatic N) is 5. The molecule has 0 radical (unpaired) electrons. The third kappa shape index (κ3) is 4.53. The second kappa shape index (κ2) is 9.09. The maximum atomic E-state index is 5.49. The zero-order valence-corrected chi connectivity index (χ0v) is 19.3. The molecule has 0 amide bonds. The van der Waals surface area contributed by atoms with E-state index in [-0.39, 0.29) is 0 Å². The molecular weight excluding hydrogens is 406 g/mol. The Balaban J connectivity index is 1.34. The fourth-order valence-corrected chi connectivity index (χ4v) is 5.55. The summed E-state index contributed by atoms with van der Waals surface area (Å²) in [5.74, 6) is 2.20. The Hall–Kier alpha value is -2.25. The number of fused-ring (bicyclic) bond motifs is 1. The van der Waals surface area contributed by atoms with Crippen molar-refractivity contribution >= 4 is 33.7 Å². The van der Waals surface area contributed by atoms with Crippen molar-refractivity contribution in [2.75, 3.05) is 49.2 Å². The number of hydrogen-bond donors (Lipinski definition) is 0. The third-order valence-electron chi connectivity index (χ3n) is 6.36. The predicted molar refractivity (Wildman–Crippen MR) is 127 cm³/mol. The van der Waals surface area contributed by atoms with Crippen LogP contribution in [0.25, 0.3) is 10.9 Å². The van der Waals surface area contributed by atoms with Gasteiger partial charge in [-0.05, 0) is 43.4 Å². The molecule has 5 rings (SSSR count). The fraction of sp³-hybridized carbons (Fsp3) is 0.542. The molecule has 0 N–H and O–H groups in total. The molecule has 0 bridgehead atoms. The minimum atomic E-state index is 0.511. The Labute approximate surface area is 188 Å². The molecule has 1 unspecified atom stereocenters. The summed E-state index contributed by atoms with van der Waals surface area (Å²) in [6, 6.07) is 6.62. The number of rotatable bonds is 5. The van der Waals surface area contributed by atoms with Gasteiger partial charge in [-0.25, -0.2) is 15.0 Å². The summed E-state index contributed by atoms with van der Waals surface area (Å²) in [5.41, 5.74) is 3.50. The number of thiazole rings is 1. The average Bonchev–Trinajstić information content (AvgIpc) is 3.28. The molecular formula is C24H31N5OS. The third-order valence-corrected chi connectivity index (χ3v) is 7.55. The van der Waals surface area contributed by atoms with Gasteiger partial charge in [-0.1, -0.05) is 13.8 Å². The van der Waals surface area contributed by atoms with Crippen molar-refractivity contribution in [3.8, 4) is 0 Å². The Morgan fingerprint density at radius 1 is 1.13 bits per heavy atom. The average molecular weight is 438 g/mol. The number of morpholine rings is 1. The fourth-order valence-electron chi connectivity index (χ4n) is 4.70. The van der Waals surface area contributed by atoms with Crippen LogP contribution in [-0.2, 0) is 11.2 Å². The van der Waals surface area contributed by atoms with E-state index < -0.39 is 0 Å². The van der Waals surface area contributed by atoms with E-state index in [9.17, 15) is 0 Å². The predicted octanol–water partition coefficient (Wildman–Crippen LogP) is 4.51. The normalized spacial score (nSPS) is 20.0. The highest BCUT2D eigenvalue weighted by Crippen LogP contribution is 2.31. The monoisotopic (exact) mass is 437 g/mol. The van der Waals surface area contributed by atoms with Gasteiger partial charge in [0.1, 0.15) is 12.1 Å². The Morgan fingerprint density at radius 3 is 2.81 bits per heavy atom. The minimum Gasteiger partial charge on any atom is -0.378 e. The summed E-state index contributed by atoms with van der Waals surface area (Å²) in [6.07, 6.45) is 5.24. The molecule has 2 aromatic heterocycles. The number of hydrogen-bond acceptors (Lipinski definition) is 7. The largest absolute Gasteiger partial charge is 0.378 e. The van der Waals surface area contributed by atoms with Gasteiger partial charge in [0.2, 0.25) is 0 Å². The number of benzene rings is 1. The molecule has 3 aromatic rings. The van der Waals surface area contributed by atoms with Gasteiger partial charge in [-0.2, -0.15) is 0 Å². The lowest BCUT2D eigenvalue weighted by Crippen LogP contribution is -2.37. The molecule has 31 heavy (non-hydrogen) atoms. The number of ether oxygens (including phenoxy) is 1. The molecule has 2 fully saturated rings. The molecule has 164 valence electrons. The lowest BCUT2D eigenvalue weighted by molar-refractivity contribution is 0.122. The van der Waals surface area contributed by atoms with Gasteiger partial charge in [0, 0.05) is 48.6 Å². The van der Waals surface area contributed by atoms with E-state index in [0.29, 0.717) is 11.8 Å². The summed E-state index contributed by atoms with van der Waals surface area (Å²) in [6.45, 7) is 9.98. The van der Waals surface area contributed by atoms with E-state index in [0.717, 1.165) is 62.5 Å². The quantitative estimate of drug-likeness (QED) is 0.586. The molecule has 2 saturated heterocycles. The second-order valence-corrected chi connectivity index (χ2v) is 9.88. The first-order chi connectivity index (χ1) is 15.2. The van der Waals surface area contributed by atoms with Crippen molar-refractivity contribution in [3.05, 3.63) is 40.6 Å². The summed E-state index contributed by atoms with van der Waals surface area (Å²) >= 11 is 1.80. The summed E-state index contributed by atoms with van der Waals surface area (Å²) < 4.78 is 5.49. The van der Waals surface area contributed by atoms with Crippen LogP contribution in [-0.4, -0.2) is 54.3 Å². The van der Waals surface area contributed by atoms with Crippen molar-refractivity contribution in [2.24, 2.45) is 5.92 Å². The molecule has 1 atom stereocenters. The Morgan fingerprint density at radius 2 is 2.00 bits per heavy atom. The highest BCUT2D eigenvalue weighted by Gasteiger charge is 2.24.